The average Bonchev–Trinajstić information content (AvgIpc) is 3.03. The van der Waals surface area contributed by atoms with Crippen molar-refractivity contribution in [2.75, 3.05) is 5.32 Å². The minimum absolute atomic E-state index is 0.221. The lowest BCUT2D eigenvalue weighted by atomic mass is 10.2. The highest BCUT2D eigenvalue weighted by atomic mass is 32.2. The van der Waals surface area contributed by atoms with Gasteiger partial charge in [0.15, 0.2) is 0 Å². The van der Waals surface area contributed by atoms with Crippen LogP contribution in [0.15, 0.2) is 27.9 Å². The van der Waals surface area contributed by atoms with Crippen molar-refractivity contribution in [3.63, 3.8) is 0 Å². The lowest BCUT2D eigenvalue weighted by Crippen LogP contribution is -2.13. The average molecular weight is 309 g/mol. The third-order valence-corrected chi connectivity index (χ3v) is 5.88. The molecule has 0 aliphatic heterocycles. The van der Waals surface area contributed by atoms with Crippen LogP contribution in [0.5, 0.6) is 0 Å². The molecule has 0 spiro atoms. The number of aryl methyl sites for hydroxylation is 2. The molecule has 0 saturated carbocycles. The number of nitrogens with two attached hydrogens (primary N) is 1. The van der Waals surface area contributed by atoms with Crippen LogP contribution in [0, 0.1) is 0 Å². The number of hydrogen-bond acceptors (Lipinski definition) is 5. The molecule has 3 rings (SSSR count). The number of anilines is 1. The summed E-state index contributed by atoms with van der Waals surface area (Å²) in [6, 6.07) is 3.87. The van der Waals surface area contributed by atoms with Crippen molar-refractivity contribution >= 4 is 27.0 Å². The number of pyridine rings is 1. The topological polar surface area (TPSA) is 85.1 Å². The Morgan fingerprint density at radius 1 is 1.40 bits per heavy atom. The van der Waals surface area contributed by atoms with Crippen LogP contribution >= 0.6 is 11.3 Å². The highest BCUT2D eigenvalue weighted by molar-refractivity contribution is 7.91. The van der Waals surface area contributed by atoms with Crippen LogP contribution < -0.4 is 10.5 Å². The molecule has 0 radical (unpaired) electrons. The van der Waals surface area contributed by atoms with Crippen LogP contribution in [0.3, 0.4) is 0 Å². The summed E-state index contributed by atoms with van der Waals surface area (Å²) in [7, 11) is -3.64. The van der Waals surface area contributed by atoms with Gasteiger partial charge in [0, 0.05) is 17.8 Å². The van der Waals surface area contributed by atoms with Gasteiger partial charge >= 0.3 is 0 Å². The second kappa shape index (κ2) is 5.16. The molecule has 3 N–H and O–H groups in total. The third kappa shape index (κ3) is 2.70. The fourth-order valence-electron chi connectivity index (χ4n) is 2.42. The molecule has 106 valence electrons. The van der Waals surface area contributed by atoms with Gasteiger partial charge in [0.25, 0.3) is 0 Å². The van der Waals surface area contributed by atoms with Crippen molar-refractivity contribution < 1.29 is 8.42 Å². The van der Waals surface area contributed by atoms with Crippen molar-refractivity contribution in [3.8, 4) is 0 Å². The van der Waals surface area contributed by atoms with Gasteiger partial charge in [-0.2, -0.15) is 0 Å². The predicted octanol–water partition coefficient (Wildman–Crippen LogP) is 1.89. The van der Waals surface area contributed by atoms with E-state index < -0.39 is 10.0 Å². The van der Waals surface area contributed by atoms with Crippen LogP contribution in [-0.4, -0.2) is 13.4 Å². The number of nitrogens with zero attached hydrogens (tertiary/aromatic N) is 1. The van der Waals surface area contributed by atoms with E-state index in [1.165, 1.54) is 11.3 Å². The van der Waals surface area contributed by atoms with Gasteiger partial charge < -0.3 is 5.32 Å². The largest absolute Gasteiger partial charge is 0.380 e. The molecule has 0 amide bonds. The Balaban J connectivity index is 1.76. The maximum Gasteiger partial charge on any atom is 0.247 e. The molecule has 0 saturated heterocycles. The Hall–Kier alpha value is -1.44. The number of aromatic nitrogens is 1. The van der Waals surface area contributed by atoms with Crippen molar-refractivity contribution in [3.05, 3.63) is 40.5 Å². The first-order chi connectivity index (χ1) is 9.54. The molecule has 0 aromatic carbocycles. The number of rotatable bonds is 4. The molecule has 1 aliphatic carbocycles. The summed E-state index contributed by atoms with van der Waals surface area (Å²) in [5.41, 5.74) is 4.07. The molecule has 2 aromatic rings. The van der Waals surface area contributed by atoms with E-state index >= 15 is 0 Å². The fraction of sp³-hybridized carbons (Fsp3) is 0.308. The summed E-state index contributed by atoms with van der Waals surface area (Å²) < 4.78 is 23.1. The SMILES string of the molecule is NS(=O)(=O)c1sccc1CNc1cnc2c(c1)CCC2. The summed E-state index contributed by atoms with van der Waals surface area (Å²) in [6.07, 6.45) is 5.08. The Bertz CT molecular complexity index is 738. The molecule has 0 atom stereocenters. The minimum atomic E-state index is -3.64. The second-order valence-electron chi connectivity index (χ2n) is 4.82. The van der Waals surface area contributed by atoms with Gasteiger partial charge in [0.2, 0.25) is 10.0 Å². The summed E-state index contributed by atoms with van der Waals surface area (Å²) in [6.45, 7) is 0.426. The molecule has 1 aliphatic rings. The van der Waals surface area contributed by atoms with Gasteiger partial charge in [-0.25, -0.2) is 13.6 Å². The second-order valence-corrected chi connectivity index (χ2v) is 7.49. The monoisotopic (exact) mass is 309 g/mol. The van der Waals surface area contributed by atoms with E-state index in [2.05, 4.69) is 16.4 Å². The zero-order valence-electron chi connectivity index (χ0n) is 10.8. The predicted molar refractivity (Wildman–Crippen MR) is 79.3 cm³/mol. The van der Waals surface area contributed by atoms with Gasteiger partial charge in [0.1, 0.15) is 4.21 Å². The zero-order valence-corrected chi connectivity index (χ0v) is 12.4. The van der Waals surface area contributed by atoms with Crippen LogP contribution in [0.1, 0.15) is 23.2 Å². The highest BCUT2D eigenvalue weighted by Gasteiger charge is 2.16. The first-order valence-corrected chi connectivity index (χ1v) is 8.77. The minimum Gasteiger partial charge on any atom is -0.380 e. The van der Waals surface area contributed by atoms with Crippen LogP contribution in [0.4, 0.5) is 5.69 Å². The molecule has 7 heteroatoms. The van der Waals surface area contributed by atoms with E-state index in [1.807, 2.05) is 0 Å². The molecule has 2 aromatic heterocycles. The van der Waals surface area contributed by atoms with E-state index in [-0.39, 0.29) is 4.21 Å². The van der Waals surface area contributed by atoms with Crippen molar-refractivity contribution in [2.45, 2.75) is 30.0 Å². The summed E-state index contributed by atoms with van der Waals surface area (Å²) in [5, 5.41) is 10.1. The van der Waals surface area contributed by atoms with Crippen LogP contribution in [-0.2, 0) is 29.4 Å². The zero-order chi connectivity index (χ0) is 14.2. The van der Waals surface area contributed by atoms with E-state index in [0.717, 1.165) is 36.3 Å². The maximum absolute atomic E-state index is 11.4. The number of sulfonamides is 1. The smallest absolute Gasteiger partial charge is 0.247 e. The number of thiophene rings is 1. The first-order valence-electron chi connectivity index (χ1n) is 6.35. The Morgan fingerprint density at radius 3 is 3.05 bits per heavy atom. The molecule has 0 fully saturated rings. The molecule has 5 nitrogen and oxygen atoms in total. The van der Waals surface area contributed by atoms with Crippen molar-refractivity contribution in [1.29, 1.82) is 0 Å². The number of nitrogens with one attached hydrogen (secondary N) is 1. The number of fused-ring (bicyclic) bond motifs is 1. The van der Waals surface area contributed by atoms with Crippen molar-refractivity contribution in [2.24, 2.45) is 5.14 Å². The van der Waals surface area contributed by atoms with Gasteiger partial charge in [-0.1, -0.05) is 0 Å². The third-order valence-electron chi connectivity index (χ3n) is 3.37. The highest BCUT2D eigenvalue weighted by Crippen LogP contribution is 2.25. The summed E-state index contributed by atoms with van der Waals surface area (Å²) in [4.78, 5) is 4.43. The first kappa shape index (κ1) is 13.5. The van der Waals surface area contributed by atoms with E-state index in [0.29, 0.717) is 12.1 Å². The van der Waals surface area contributed by atoms with Gasteiger partial charge in [0.05, 0.1) is 11.9 Å². The molecular weight excluding hydrogens is 294 g/mol. The molecule has 0 bridgehead atoms. The van der Waals surface area contributed by atoms with Crippen molar-refractivity contribution in [1.82, 2.24) is 4.98 Å². The number of primary sulfonamides is 1. The summed E-state index contributed by atoms with van der Waals surface area (Å²) >= 11 is 1.14. The maximum atomic E-state index is 11.4. The lowest BCUT2D eigenvalue weighted by molar-refractivity contribution is 0.599. The van der Waals surface area contributed by atoms with E-state index in [9.17, 15) is 8.42 Å². The van der Waals surface area contributed by atoms with Gasteiger partial charge in [-0.05, 0) is 42.3 Å². The quantitative estimate of drug-likeness (QED) is 0.903. The molecular formula is C13H15N3O2S2. The summed E-state index contributed by atoms with van der Waals surface area (Å²) in [5.74, 6) is 0. The Kier molecular flexibility index (Phi) is 3.49. The molecule has 20 heavy (non-hydrogen) atoms. The Labute approximate surface area is 121 Å². The van der Waals surface area contributed by atoms with Gasteiger partial charge in [-0.3, -0.25) is 4.98 Å². The lowest BCUT2D eigenvalue weighted by Gasteiger charge is -2.08. The normalized spacial score (nSPS) is 14.2. The molecule has 2 heterocycles. The van der Waals surface area contributed by atoms with Crippen LogP contribution in [0.2, 0.25) is 0 Å². The Morgan fingerprint density at radius 2 is 2.25 bits per heavy atom. The van der Waals surface area contributed by atoms with E-state index in [1.54, 1.807) is 17.6 Å². The van der Waals surface area contributed by atoms with Gasteiger partial charge in [-0.15, -0.1) is 11.3 Å². The molecule has 0 unspecified atom stereocenters. The standard InChI is InChI=1S/C13H15N3O2S2/c14-20(17,18)13-10(4-5-19-13)7-15-11-6-9-2-1-3-12(9)16-8-11/h4-6,8,15H,1-3,7H2,(H2,14,17,18). The van der Waals surface area contributed by atoms with E-state index in [4.69, 9.17) is 5.14 Å². The number of hydrogen-bond donors (Lipinski definition) is 2. The fourth-order valence-corrected chi connectivity index (χ4v) is 4.28. The van der Waals surface area contributed by atoms with Crippen LogP contribution in [0.25, 0.3) is 0 Å².